The van der Waals surface area contributed by atoms with Crippen molar-refractivity contribution >= 4 is 34.7 Å². The predicted octanol–water partition coefficient (Wildman–Crippen LogP) is 4.78. The summed E-state index contributed by atoms with van der Waals surface area (Å²) in [4.78, 5) is 29.0. The number of aromatic amines is 1. The molecule has 2 amide bonds. The van der Waals surface area contributed by atoms with Crippen LogP contribution in [0.5, 0.6) is 0 Å². The molecule has 0 spiro atoms. The fraction of sp³-hybridized carbons (Fsp3) is 0.0870. The zero-order chi connectivity index (χ0) is 24.9. The Kier molecular flexibility index (Phi) is 7.15. The van der Waals surface area contributed by atoms with Crippen molar-refractivity contribution in [2.75, 3.05) is 17.7 Å². The van der Waals surface area contributed by atoms with E-state index in [9.17, 15) is 27.2 Å². The molecule has 34 heavy (non-hydrogen) atoms. The van der Waals surface area contributed by atoms with E-state index in [0.29, 0.717) is 23.9 Å². The molecule has 11 heteroatoms. The SMILES string of the molecule is CNc1ccc(-c2c(C(N)=O)[nH]c3cccnc23)cc1.O=CNc1cc(C(F)(F)F)ccc1F. The maximum Gasteiger partial charge on any atom is 0.416 e. The Hall–Kier alpha value is -4.41. The maximum atomic E-state index is 12.8. The molecule has 0 fully saturated rings. The third kappa shape index (κ3) is 5.31. The fourth-order valence-electron chi connectivity index (χ4n) is 3.17. The number of H-pyrrole nitrogens is 1. The standard InChI is InChI=1S/C15H14N4O.C8H5F4NO/c1-17-10-6-4-9(5-7-10)12-13-11(3-2-8-18-13)19-14(12)15(16)20;9-6-2-1-5(8(10,11)12)3-7(6)13-4-14/h2-8,17,19H,1H3,(H2,16,20);1-4H,(H,13,14). The minimum absolute atomic E-state index is 0.110. The van der Waals surface area contributed by atoms with Crippen molar-refractivity contribution in [3.63, 3.8) is 0 Å². The van der Waals surface area contributed by atoms with Crippen molar-refractivity contribution in [2.24, 2.45) is 5.73 Å². The molecule has 2 heterocycles. The topological polar surface area (TPSA) is 113 Å². The highest BCUT2D eigenvalue weighted by atomic mass is 19.4. The minimum atomic E-state index is -4.55. The lowest BCUT2D eigenvalue weighted by molar-refractivity contribution is -0.137. The number of fused-ring (bicyclic) bond motifs is 1. The molecule has 0 aliphatic carbocycles. The van der Waals surface area contributed by atoms with Crippen LogP contribution in [-0.4, -0.2) is 29.3 Å². The Balaban J connectivity index is 0.000000204. The van der Waals surface area contributed by atoms with E-state index in [2.05, 4.69) is 15.3 Å². The van der Waals surface area contributed by atoms with Gasteiger partial charge in [0, 0.05) is 24.5 Å². The van der Waals surface area contributed by atoms with Crippen LogP contribution >= 0.6 is 0 Å². The summed E-state index contributed by atoms with van der Waals surface area (Å²) in [6.07, 6.45) is -2.74. The van der Waals surface area contributed by atoms with Gasteiger partial charge in [-0.15, -0.1) is 0 Å². The van der Waals surface area contributed by atoms with E-state index in [1.54, 1.807) is 6.20 Å². The van der Waals surface area contributed by atoms with E-state index in [1.165, 1.54) is 0 Å². The van der Waals surface area contributed by atoms with Gasteiger partial charge < -0.3 is 21.4 Å². The lowest BCUT2D eigenvalue weighted by atomic mass is 10.0. The lowest BCUT2D eigenvalue weighted by Crippen LogP contribution is -2.12. The van der Waals surface area contributed by atoms with E-state index in [1.807, 2.05) is 48.8 Å². The Morgan fingerprint density at radius 3 is 2.41 bits per heavy atom. The van der Waals surface area contributed by atoms with Gasteiger partial charge in [-0.1, -0.05) is 12.1 Å². The van der Waals surface area contributed by atoms with Crippen LogP contribution in [0.4, 0.5) is 28.9 Å². The molecular weight excluding hydrogens is 454 g/mol. The number of carbonyl (C=O) groups is 2. The summed E-state index contributed by atoms with van der Waals surface area (Å²) in [5.74, 6) is -1.40. The van der Waals surface area contributed by atoms with Crippen LogP contribution < -0.4 is 16.4 Å². The van der Waals surface area contributed by atoms with Crippen LogP contribution in [0.1, 0.15) is 16.1 Å². The number of nitrogens with two attached hydrogens (primary N) is 1. The van der Waals surface area contributed by atoms with Crippen LogP contribution in [-0.2, 0) is 11.0 Å². The summed E-state index contributed by atoms with van der Waals surface area (Å²) < 4.78 is 49.1. The summed E-state index contributed by atoms with van der Waals surface area (Å²) in [7, 11) is 1.86. The van der Waals surface area contributed by atoms with Gasteiger partial charge in [0.2, 0.25) is 6.41 Å². The van der Waals surface area contributed by atoms with Crippen molar-refractivity contribution in [1.29, 1.82) is 0 Å². The van der Waals surface area contributed by atoms with Crippen molar-refractivity contribution in [3.05, 3.63) is 77.9 Å². The van der Waals surface area contributed by atoms with E-state index < -0.39 is 29.2 Å². The quantitative estimate of drug-likeness (QED) is 0.247. The van der Waals surface area contributed by atoms with Crippen LogP contribution in [0.25, 0.3) is 22.2 Å². The summed E-state index contributed by atoms with van der Waals surface area (Å²) in [6.45, 7) is 0. The second-order valence-corrected chi connectivity index (χ2v) is 6.92. The molecule has 0 saturated carbocycles. The first kappa shape index (κ1) is 24.2. The number of primary amides is 1. The van der Waals surface area contributed by atoms with Gasteiger partial charge in [0.05, 0.1) is 22.3 Å². The van der Waals surface area contributed by atoms with Crippen LogP contribution in [0.2, 0.25) is 0 Å². The maximum absolute atomic E-state index is 12.8. The molecule has 0 atom stereocenters. The summed E-state index contributed by atoms with van der Waals surface area (Å²) in [5.41, 5.74) is 8.55. The second kappa shape index (κ2) is 10.0. The molecule has 0 radical (unpaired) electrons. The molecular formula is C23H19F4N5O2. The fourth-order valence-corrected chi connectivity index (χ4v) is 3.17. The van der Waals surface area contributed by atoms with Gasteiger partial charge >= 0.3 is 6.18 Å². The number of amides is 2. The van der Waals surface area contributed by atoms with Crippen LogP contribution in [0.3, 0.4) is 0 Å². The Morgan fingerprint density at radius 1 is 1.12 bits per heavy atom. The third-order valence-corrected chi connectivity index (χ3v) is 4.77. The molecule has 2 aromatic carbocycles. The normalized spacial score (nSPS) is 10.9. The molecule has 0 saturated heterocycles. The predicted molar refractivity (Wildman–Crippen MR) is 121 cm³/mol. The summed E-state index contributed by atoms with van der Waals surface area (Å²) in [5, 5.41) is 4.89. The molecule has 0 unspecified atom stereocenters. The highest BCUT2D eigenvalue weighted by Crippen LogP contribution is 2.32. The van der Waals surface area contributed by atoms with Crippen molar-refractivity contribution < 1.29 is 27.2 Å². The Morgan fingerprint density at radius 2 is 1.82 bits per heavy atom. The van der Waals surface area contributed by atoms with Gasteiger partial charge in [-0.3, -0.25) is 14.6 Å². The molecule has 0 aliphatic heterocycles. The number of halogens is 4. The molecule has 7 nitrogen and oxygen atoms in total. The first-order chi connectivity index (χ1) is 16.2. The van der Waals surface area contributed by atoms with Crippen LogP contribution in [0.15, 0.2) is 60.8 Å². The molecule has 4 rings (SSSR count). The number of rotatable bonds is 5. The number of benzene rings is 2. The highest BCUT2D eigenvalue weighted by Gasteiger charge is 2.31. The van der Waals surface area contributed by atoms with Gasteiger partial charge in [-0.25, -0.2) is 4.39 Å². The molecule has 0 aliphatic rings. The number of aromatic nitrogens is 2. The zero-order valence-electron chi connectivity index (χ0n) is 17.7. The molecule has 0 bridgehead atoms. The molecule has 4 aromatic rings. The van der Waals surface area contributed by atoms with Gasteiger partial charge in [-0.05, 0) is 48.0 Å². The van der Waals surface area contributed by atoms with Gasteiger partial charge in [-0.2, -0.15) is 13.2 Å². The number of nitrogens with one attached hydrogen (secondary N) is 3. The first-order valence-electron chi connectivity index (χ1n) is 9.77. The average Bonchev–Trinajstić information content (AvgIpc) is 3.20. The number of pyridine rings is 1. The number of hydrogen-bond acceptors (Lipinski definition) is 4. The Bertz CT molecular complexity index is 1320. The molecule has 176 valence electrons. The van der Waals surface area contributed by atoms with Crippen molar-refractivity contribution in [3.8, 4) is 11.1 Å². The van der Waals surface area contributed by atoms with Crippen molar-refractivity contribution in [1.82, 2.24) is 9.97 Å². The average molecular weight is 473 g/mol. The smallest absolute Gasteiger partial charge is 0.388 e. The van der Waals surface area contributed by atoms with Crippen molar-refractivity contribution in [2.45, 2.75) is 6.18 Å². The number of carbonyl (C=O) groups excluding carboxylic acids is 2. The van der Waals surface area contributed by atoms with Gasteiger partial charge in [0.25, 0.3) is 5.91 Å². The van der Waals surface area contributed by atoms with Crippen LogP contribution in [0, 0.1) is 5.82 Å². The number of anilines is 2. The number of hydrogen-bond donors (Lipinski definition) is 4. The van der Waals surface area contributed by atoms with Gasteiger partial charge in [0.15, 0.2) is 0 Å². The first-order valence-corrected chi connectivity index (χ1v) is 9.77. The van der Waals surface area contributed by atoms with E-state index in [-0.39, 0.29) is 6.41 Å². The summed E-state index contributed by atoms with van der Waals surface area (Å²) >= 11 is 0. The number of alkyl halides is 3. The Labute approximate surface area is 191 Å². The largest absolute Gasteiger partial charge is 0.416 e. The minimum Gasteiger partial charge on any atom is -0.388 e. The van der Waals surface area contributed by atoms with E-state index >= 15 is 0 Å². The van der Waals surface area contributed by atoms with E-state index in [4.69, 9.17) is 5.73 Å². The van der Waals surface area contributed by atoms with Gasteiger partial charge in [0.1, 0.15) is 11.5 Å². The second-order valence-electron chi connectivity index (χ2n) is 6.92. The summed E-state index contributed by atoms with van der Waals surface area (Å²) in [6, 6.07) is 13.2. The number of nitrogens with zero attached hydrogens (tertiary/aromatic N) is 1. The lowest BCUT2D eigenvalue weighted by Gasteiger charge is -2.08. The molecule has 5 N–H and O–H groups in total. The highest BCUT2D eigenvalue weighted by molar-refractivity contribution is 6.07. The third-order valence-electron chi connectivity index (χ3n) is 4.77. The molecule has 2 aromatic heterocycles. The zero-order valence-corrected chi connectivity index (χ0v) is 17.7. The van der Waals surface area contributed by atoms with E-state index in [0.717, 1.165) is 27.8 Å². The monoisotopic (exact) mass is 473 g/mol.